The van der Waals surface area contributed by atoms with Crippen LogP contribution in [-0.4, -0.2) is 23.8 Å². The van der Waals surface area contributed by atoms with Crippen LogP contribution in [0.4, 0.5) is 0 Å². The number of carbonyl (C=O) groups is 1. The Labute approximate surface area is 90.4 Å². The quantitative estimate of drug-likeness (QED) is 0.704. The average Bonchev–Trinajstić information content (AvgIpc) is 2.19. The summed E-state index contributed by atoms with van der Waals surface area (Å²) in [5.41, 5.74) is 0. The van der Waals surface area contributed by atoms with Gasteiger partial charge in [-0.25, -0.2) is 0 Å². The Hall–Kier alpha value is -1.09. The molecule has 0 heterocycles. The van der Waals surface area contributed by atoms with Crippen LogP contribution in [0.3, 0.4) is 0 Å². The lowest BCUT2D eigenvalue weighted by Crippen LogP contribution is -2.18. The molecule has 3 heteroatoms. The van der Waals surface area contributed by atoms with Gasteiger partial charge >= 0.3 is 5.97 Å². The number of carbonyl (C=O) groups excluding carboxylic acids is 1. The van der Waals surface area contributed by atoms with Crippen LogP contribution < -0.4 is 0 Å². The molecule has 15 heavy (non-hydrogen) atoms. The molecule has 0 aromatic rings. The minimum atomic E-state index is -0.592. The van der Waals surface area contributed by atoms with Crippen LogP contribution in [0, 0.1) is 5.92 Å². The van der Waals surface area contributed by atoms with E-state index in [-0.39, 0.29) is 12.4 Å². The van der Waals surface area contributed by atoms with E-state index >= 15 is 0 Å². The molecule has 1 aliphatic carbocycles. The van der Waals surface area contributed by atoms with Gasteiger partial charge in [-0.15, -0.1) is 0 Å². The number of esters is 1. The summed E-state index contributed by atoms with van der Waals surface area (Å²) in [4.78, 5) is 11.1. The topological polar surface area (TPSA) is 46.5 Å². The normalized spacial score (nSPS) is 21.3. The Kier molecular flexibility index (Phi) is 5.12. The van der Waals surface area contributed by atoms with Gasteiger partial charge in [0.05, 0.1) is 19.1 Å². The van der Waals surface area contributed by atoms with Crippen LogP contribution in [0.15, 0.2) is 24.3 Å². The predicted molar refractivity (Wildman–Crippen MR) is 58.3 cm³/mol. The monoisotopic (exact) mass is 210 g/mol. The molecule has 1 aliphatic rings. The number of hydrogen-bond acceptors (Lipinski definition) is 3. The maximum Gasteiger partial charge on any atom is 0.308 e. The molecule has 0 bridgehead atoms. The molecular formula is C12H18O3. The van der Waals surface area contributed by atoms with Crippen LogP contribution in [0.2, 0.25) is 0 Å². The first-order valence-corrected chi connectivity index (χ1v) is 5.39. The van der Waals surface area contributed by atoms with Gasteiger partial charge in [0.15, 0.2) is 0 Å². The first-order valence-electron chi connectivity index (χ1n) is 5.39. The second kappa shape index (κ2) is 6.40. The number of allylic oxidation sites excluding steroid dienone is 4. The van der Waals surface area contributed by atoms with Crippen molar-refractivity contribution in [1.82, 2.24) is 0 Å². The molecule has 0 aromatic carbocycles. The summed E-state index contributed by atoms with van der Waals surface area (Å²) in [5, 5.41) is 9.64. The van der Waals surface area contributed by atoms with Crippen molar-refractivity contribution >= 4 is 5.97 Å². The predicted octanol–water partition coefficient (Wildman–Crippen LogP) is 1.82. The fourth-order valence-electron chi connectivity index (χ4n) is 1.65. The minimum Gasteiger partial charge on any atom is -0.466 e. The summed E-state index contributed by atoms with van der Waals surface area (Å²) in [7, 11) is 0. The molecular weight excluding hydrogens is 192 g/mol. The van der Waals surface area contributed by atoms with Gasteiger partial charge in [-0.2, -0.15) is 0 Å². The fourth-order valence-corrected chi connectivity index (χ4v) is 1.65. The van der Waals surface area contributed by atoms with E-state index in [0.717, 1.165) is 6.42 Å². The van der Waals surface area contributed by atoms with E-state index in [4.69, 9.17) is 4.74 Å². The number of aliphatic hydroxyl groups excluding tert-OH is 1. The Morgan fingerprint density at radius 2 is 2.40 bits per heavy atom. The minimum absolute atomic E-state index is 0.0991. The van der Waals surface area contributed by atoms with Crippen molar-refractivity contribution in [3.8, 4) is 0 Å². The Morgan fingerprint density at radius 3 is 3.00 bits per heavy atom. The number of aliphatic hydroxyl groups is 1. The first-order chi connectivity index (χ1) is 7.22. The lowest BCUT2D eigenvalue weighted by molar-refractivity contribution is -0.145. The highest BCUT2D eigenvalue weighted by Gasteiger charge is 2.16. The third-order valence-corrected chi connectivity index (χ3v) is 2.35. The molecule has 0 amide bonds. The summed E-state index contributed by atoms with van der Waals surface area (Å²) < 4.78 is 4.77. The van der Waals surface area contributed by atoms with E-state index < -0.39 is 6.10 Å². The molecule has 84 valence electrons. The summed E-state index contributed by atoms with van der Waals surface area (Å²) >= 11 is 0. The molecule has 3 nitrogen and oxygen atoms in total. The first kappa shape index (κ1) is 12.0. The third kappa shape index (κ3) is 4.79. The zero-order valence-corrected chi connectivity index (χ0v) is 9.06. The molecule has 0 aliphatic heterocycles. The standard InChI is InChI=1S/C12H18O3/c1-2-15-12(14)9-11(13)8-10-6-4-3-5-7-10/h3-6,10-11,13H,2,7-9H2,1H3. The smallest absolute Gasteiger partial charge is 0.308 e. The van der Waals surface area contributed by atoms with E-state index in [9.17, 15) is 9.90 Å². The summed E-state index contributed by atoms with van der Waals surface area (Å²) in [5.74, 6) is 0.0276. The fraction of sp³-hybridized carbons (Fsp3) is 0.583. The highest BCUT2D eigenvalue weighted by molar-refractivity contribution is 5.69. The Balaban J connectivity index is 2.23. The van der Waals surface area contributed by atoms with Gasteiger partial charge in [-0.05, 0) is 25.7 Å². The Morgan fingerprint density at radius 1 is 1.60 bits per heavy atom. The van der Waals surface area contributed by atoms with Gasteiger partial charge < -0.3 is 9.84 Å². The summed E-state index contributed by atoms with van der Waals surface area (Å²) in [6.45, 7) is 2.14. The number of rotatable bonds is 5. The van der Waals surface area contributed by atoms with E-state index in [2.05, 4.69) is 12.2 Å². The second-order valence-electron chi connectivity index (χ2n) is 3.71. The van der Waals surface area contributed by atoms with Crippen molar-refractivity contribution < 1.29 is 14.6 Å². The van der Waals surface area contributed by atoms with Crippen molar-refractivity contribution in [3.05, 3.63) is 24.3 Å². The van der Waals surface area contributed by atoms with Crippen LogP contribution in [0.25, 0.3) is 0 Å². The van der Waals surface area contributed by atoms with E-state index in [1.54, 1.807) is 6.92 Å². The van der Waals surface area contributed by atoms with Crippen molar-refractivity contribution in [2.24, 2.45) is 5.92 Å². The van der Waals surface area contributed by atoms with Gasteiger partial charge in [-0.3, -0.25) is 4.79 Å². The SMILES string of the molecule is CCOC(=O)CC(O)CC1C=CC=CC1. The van der Waals surface area contributed by atoms with E-state index in [0.29, 0.717) is 18.9 Å². The molecule has 0 radical (unpaired) electrons. The molecule has 0 aromatic heterocycles. The molecule has 2 atom stereocenters. The second-order valence-corrected chi connectivity index (χ2v) is 3.71. The van der Waals surface area contributed by atoms with Crippen molar-refractivity contribution in [2.45, 2.75) is 32.3 Å². The van der Waals surface area contributed by atoms with Crippen LogP contribution >= 0.6 is 0 Å². The molecule has 1 N–H and O–H groups in total. The summed E-state index contributed by atoms with van der Waals surface area (Å²) in [6, 6.07) is 0. The molecule has 0 saturated carbocycles. The average molecular weight is 210 g/mol. The lowest BCUT2D eigenvalue weighted by Gasteiger charge is -2.16. The maximum absolute atomic E-state index is 11.1. The maximum atomic E-state index is 11.1. The molecule has 0 saturated heterocycles. The zero-order chi connectivity index (χ0) is 11.1. The van der Waals surface area contributed by atoms with Crippen molar-refractivity contribution in [3.63, 3.8) is 0 Å². The Bertz CT molecular complexity index is 256. The van der Waals surface area contributed by atoms with Crippen LogP contribution in [0.5, 0.6) is 0 Å². The third-order valence-electron chi connectivity index (χ3n) is 2.35. The number of hydrogen-bond donors (Lipinski definition) is 1. The molecule has 2 unspecified atom stereocenters. The van der Waals surface area contributed by atoms with Gasteiger partial charge in [-0.1, -0.05) is 24.3 Å². The number of ether oxygens (including phenoxy) is 1. The molecule has 1 rings (SSSR count). The van der Waals surface area contributed by atoms with Gasteiger partial charge in [0.2, 0.25) is 0 Å². The largest absolute Gasteiger partial charge is 0.466 e. The highest BCUT2D eigenvalue weighted by atomic mass is 16.5. The molecule has 0 spiro atoms. The highest BCUT2D eigenvalue weighted by Crippen LogP contribution is 2.18. The van der Waals surface area contributed by atoms with Gasteiger partial charge in [0, 0.05) is 0 Å². The van der Waals surface area contributed by atoms with E-state index in [1.807, 2.05) is 12.2 Å². The van der Waals surface area contributed by atoms with Crippen molar-refractivity contribution in [2.75, 3.05) is 6.61 Å². The van der Waals surface area contributed by atoms with Crippen LogP contribution in [-0.2, 0) is 9.53 Å². The lowest BCUT2D eigenvalue weighted by atomic mass is 9.93. The van der Waals surface area contributed by atoms with Gasteiger partial charge in [0.1, 0.15) is 0 Å². The summed E-state index contributed by atoms with van der Waals surface area (Å²) in [6.07, 6.45) is 9.18. The molecule has 0 fully saturated rings. The van der Waals surface area contributed by atoms with Crippen LogP contribution in [0.1, 0.15) is 26.2 Å². The van der Waals surface area contributed by atoms with Gasteiger partial charge in [0.25, 0.3) is 0 Å². The van der Waals surface area contributed by atoms with E-state index in [1.165, 1.54) is 0 Å². The zero-order valence-electron chi connectivity index (χ0n) is 9.06. The van der Waals surface area contributed by atoms with Crippen molar-refractivity contribution in [1.29, 1.82) is 0 Å².